The smallest absolute Gasteiger partial charge is 0.262 e. The van der Waals surface area contributed by atoms with Gasteiger partial charge in [0.05, 0.1) is 16.7 Å². The summed E-state index contributed by atoms with van der Waals surface area (Å²) in [5, 5.41) is 3.97. The number of para-hydroxylation sites is 1. The average molecular weight is 359 g/mol. The van der Waals surface area contributed by atoms with Crippen LogP contribution in [0.5, 0.6) is 0 Å². The zero-order valence-corrected chi connectivity index (χ0v) is 15.5. The number of amides is 1. The lowest BCUT2D eigenvalue weighted by atomic mass is 10.2. The Balaban J connectivity index is 2.23. The number of nitrogens with zero attached hydrogens (tertiary/aromatic N) is 2. The van der Waals surface area contributed by atoms with Gasteiger partial charge < -0.3 is 5.32 Å². The van der Waals surface area contributed by atoms with Gasteiger partial charge in [-0.25, -0.2) is 4.98 Å². The minimum Gasteiger partial charge on any atom is -0.352 e. The molecule has 0 saturated heterocycles. The summed E-state index contributed by atoms with van der Waals surface area (Å²) in [6.45, 7) is 6.81. The Kier molecular flexibility index (Phi) is 7.73. The molecule has 0 fully saturated rings. The molecule has 0 aliphatic heterocycles. The third kappa shape index (κ3) is 5.46. The maximum atomic E-state index is 12.8. The first kappa shape index (κ1) is 19.2. The van der Waals surface area contributed by atoms with Crippen LogP contribution in [0.15, 0.2) is 46.9 Å². The van der Waals surface area contributed by atoms with Crippen LogP contribution in [0.1, 0.15) is 32.6 Å². The van der Waals surface area contributed by atoms with Gasteiger partial charge in [-0.1, -0.05) is 56.2 Å². The fourth-order valence-corrected chi connectivity index (χ4v) is 3.37. The number of unbranched alkanes of at least 4 members (excludes halogenated alkanes) is 3. The van der Waals surface area contributed by atoms with Gasteiger partial charge in [0, 0.05) is 13.1 Å². The van der Waals surface area contributed by atoms with E-state index in [0.29, 0.717) is 29.1 Å². The fourth-order valence-electron chi connectivity index (χ4n) is 2.52. The molecule has 1 amide bonds. The Morgan fingerprint density at radius 3 is 2.88 bits per heavy atom. The SMILES string of the molecule is C=CCNC(=O)CSc1nc2ccccc2c(=O)n1CCCCCC. The zero-order chi connectivity index (χ0) is 18.1. The Morgan fingerprint density at radius 1 is 1.32 bits per heavy atom. The summed E-state index contributed by atoms with van der Waals surface area (Å²) >= 11 is 1.30. The molecule has 1 heterocycles. The molecule has 1 aromatic carbocycles. The summed E-state index contributed by atoms with van der Waals surface area (Å²) < 4.78 is 1.71. The van der Waals surface area contributed by atoms with Crippen LogP contribution in [0.4, 0.5) is 0 Å². The molecule has 0 bridgehead atoms. The van der Waals surface area contributed by atoms with E-state index in [0.717, 1.165) is 25.7 Å². The van der Waals surface area contributed by atoms with E-state index in [1.807, 2.05) is 18.2 Å². The summed E-state index contributed by atoms with van der Waals surface area (Å²) in [6, 6.07) is 7.35. The van der Waals surface area contributed by atoms with Crippen molar-refractivity contribution in [3.8, 4) is 0 Å². The van der Waals surface area contributed by atoms with Crippen molar-refractivity contribution in [2.45, 2.75) is 44.3 Å². The first-order valence-electron chi connectivity index (χ1n) is 8.67. The molecule has 0 spiro atoms. The van der Waals surface area contributed by atoms with Crippen molar-refractivity contribution in [1.29, 1.82) is 0 Å². The standard InChI is InChI=1S/C19H25N3O2S/c1-3-5-6-9-13-22-18(24)15-10-7-8-11-16(15)21-19(22)25-14-17(23)20-12-4-2/h4,7-8,10-11H,2-3,5-6,9,12-14H2,1H3,(H,20,23). The van der Waals surface area contributed by atoms with E-state index in [-0.39, 0.29) is 17.2 Å². The van der Waals surface area contributed by atoms with Crippen LogP contribution in [0, 0.1) is 0 Å². The van der Waals surface area contributed by atoms with Crippen LogP contribution >= 0.6 is 11.8 Å². The van der Waals surface area contributed by atoms with Crippen molar-refractivity contribution < 1.29 is 4.79 Å². The molecule has 25 heavy (non-hydrogen) atoms. The van der Waals surface area contributed by atoms with Gasteiger partial charge >= 0.3 is 0 Å². The third-order valence-corrected chi connectivity index (χ3v) is 4.81. The number of aromatic nitrogens is 2. The van der Waals surface area contributed by atoms with E-state index >= 15 is 0 Å². The summed E-state index contributed by atoms with van der Waals surface area (Å²) in [4.78, 5) is 29.3. The number of benzene rings is 1. The molecule has 0 radical (unpaired) electrons. The fraction of sp³-hybridized carbons (Fsp3) is 0.421. The normalized spacial score (nSPS) is 10.8. The summed E-state index contributed by atoms with van der Waals surface area (Å²) in [5.41, 5.74) is 0.641. The number of carbonyl (C=O) groups is 1. The molecular weight excluding hydrogens is 334 g/mol. The second kappa shape index (κ2) is 10.0. The van der Waals surface area contributed by atoms with Crippen molar-refractivity contribution in [2.75, 3.05) is 12.3 Å². The van der Waals surface area contributed by atoms with Crippen LogP contribution < -0.4 is 10.9 Å². The lowest BCUT2D eigenvalue weighted by molar-refractivity contribution is -0.118. The van der Waals surface area contributed by atoms with Gasteiger partial charge in [-0.15, -0.1) is 6.58 Å². The molecule has 1 N–H and O–H groups in total. The van der Waals surface area contributed by atoms with Crippen LogP contribution in [0.3, 0.4) is 0 Å². The number of thioether (sulfide) groups is 1. The van der Waals surface area contributed by atoms with E-state index in [1.54, 1.807) is 16.7 Å². The Morgan fingerprint density at radius 2 is 2.12 bits per heavy atom. The maximum Gasteiger partial charge on any atom is 0.262 e. The Hall–Kier alpha value is -2.08. The average Bonchev–Trinajstić information content (AvgIpc) is 2.63. The van der Waals surface area contributed by atoms with E-state index in [1.165, 1.54) is 11.8 Å². The lowest BCUT2D eigenvalue weighted by Gasteiger charge is -2.13. The monoisotopic (exact) mass is 359 g/mol. The first-order chi connectivity index (χ1) is 12.2. The molecule has 134 valence electrons. The van der Waals surface area contributed by atoms with E-state index in [9.17, 15) is 9.59 Å². The predicted octanol–water partition coefficient (Wildman–Crippen LogP) is 3.37. The van der Waals surface area contributed by atoms with Gasteiger partial charge in [0.2, 0.25) is 5.91 Å². The van der Waals surface area contributed by atoms with Gasteiger partial charge in [-0.3, -0.25) is 14.2 Å². The molecule has 5 nitrogen and oxygen atoms in total. The minimum absolute atomic E-state index is 0.0314. The molecule has 6 heteroatoms. The summed E-state index contributed by atoms with van der Waals surface area (Å²) in [5.74, 6) is 0.137. The number of hydrogen-bond acceptors (Lipinski definition) is 4. The van der Waals surface area contributed by atoms with Crippen LogP contribution in [0.2, 0.25) is 0 Å². The van der Waals surface area contributed by atoms with E-state index in [2.05, 4.69) is 23.8 Å². The second-order valence-electron chi connectivity index (χ2n) is 5.81. The van der Waals surface area contributed by atoms with E-state index < -0.39 is 0 Å². The van der Waals surface area contributed by atoms with Gasteiger partial charge in [0.25, 0.3) is 5.56 Å². The van der Waals surface area contributed by atoms with Gasteiger partial charge in [0.15, 0.2) is 5.16 Å². The van der Waals surface area contributed by atoms with Crippen LogP contribution in [-0.4, -0.2) is 27.8 Å². The van der Waals surface area contributed by atoms with Crippen molar-refractivity contribution in [2.24, 2.45) is 0 Å². The number of carbonyl (C=O) groups excluding carboxylic acids is 1. The number of fused-ring (bicyclic) bond motifs is 1. The van der Waals surface area contributed by atoms with Crippen molar-refractivity contribution in [3.63, 3.8) is 0 Å². The molecule has 0 saturated carbocycles. The molecule has 0 atom stereocenters. The van der Waals surface area contributed by atoms with Crippen molar-refractivity contribution >= 4 is 28.6 Å². The Bertz CT molecular complexity index is 786. The summed E-state index contributed by atoms with van der Waals surface area (Å²) in [6.07, 6.45) is 5.96. The number of nitrogens with one attached hydrogen (secondary N) is 1. The molecule has 2 aromatic rings. The van der Waals surface area contributed by atoms with Crippen molar-refractivity contribution in [1.82, 2.24) is 14.9 Å². The third-order valence-electron chi connectivity index (χ3n) is 3.84. The number of hydrogen-bond donors (Lipinski definition) is 1. The summed E-state index contributed by atoms with van der Waals surface area (Å²) in [7, 11) is 0. The highest BCUT2D eigenvalue weighted by atomic mass is 32.2. The highest BCUT2D eigenvalue weighted by molar-refractivity contribution is 7.99. The molecular formula is C19H25N3O2S. The molecule has 1 aromatic heterocycles. The largest absolute Gasteiger partial charge is 0.352 e. The maximum absolute atomic E-state index is 12.8. The van der Waals surface area contributed by atoms with Gasteiger partial charge in [-0.2, -0.15) is 0 Å². The van der Waals surface area contributed by atoms with Gasteiger partial charge in [0.1, 0.15) is 0 Å². The van der Waals surface area contributed by atoms with Gasteiger partial charge in [-0.05, 0) is 18.6 Å². The van der Waals surface area contributed by atoms with Crippen molar-refractivity contribution in [3.05, 3.63) is 47.3 Å². The Labute approximate surface area is 152 Å². The predicted molar refractivity (Wildman–Crippen MR) is 104 cm³/mol. The highest BCUT2D eigenvalue weighted by Crippen LogP contribution is 2.18. The highest BCUT2D eigenvalue weighted by Gasteiger charge is 2.12. The first-order valence-corrected chi connectivity index (χ1v) is 9.66. The lowest BCUT2D eigenvalue weighted by Crippen LogP contribution is -2.27. The topological polar surface area (TPSA) is 64.0 Å². The zero-order valence-electron chi connectivity index (χ0n) is 14.7. The molecule has 0 unspecified atom stereocenters. The van der Waals surface area contributed by atoms with Crippen LogP contribution in [0.25, 0.3) is 10.9 Å². The number of rotatable bonds is 10. The van der Waals surface area contributed by atoms with Crippen LogP contribution in [-0.2, 0) is 11.3 Å². The molecule has 0 aliphatic rings. The molecule has 2 rings (SSSR count). The quantitative estimate of drug-likeness (QED) is 0.306. The molecule has 0 aliphatic carbocycles. The second-order valence-corrected chi connectivity index (χ2v) is 6.75. The minimum atomic E-state index is -0.0927. The van der Waals surface area contributed by atoms with E-state index in [4.69, 9.17) is 0 Å².